The Morgan fingerprint density at radius 2 is 1.04 bits per heavy atom. The van der Waals surface area contributed by atoms with Crippen molar-refractivity contribution in [3.8, 4) is 11.5 Å². The molecule has 0 heterocycles. The summed E-state index contributed by atoms with van der Waals surface area (Å²) < 4.78 is 137. The van der Waals surface area contributed by atoms with Gasteiger partial charge in [-0.2, -0.15) is 16.8 Å². The third kappa shape index (κ3) is 11.8. The van der Waals surface area contributed by atoms with Crippen molar-refractivity contribution in [3.05, 3.63) is 60.7 Å². The molecule has 0 aliphatic rings. The number of fused-ring (bicyclic) bond motifs is 1. The molecule has 0 saturated carbocycles. The average Bonchev–Trinajstić information content (AvgIpc) is 3.12. The molecule has 0 spiro atoms. The van der Waals surface area contributed by atoms with Crippen LogP contribution in [0.3, 0.4) is 0 Å². The first-order valence-corrected chi connectivity index (χ1v) is 21.8. The lowest BCUT2D eigenvalue weighted by Crippen LogP contribution is -2.12. The maximum atomic E-state index is 12.7. The Bertz CT molecular complexity index is 2590. The lowest BCUT2D eigenvalue weighted by Gasteiger charge is -2.10. The van der Waals surface area contributed by atoms with Gasteiger partial charge in [-0.1, -0.05) is 22.2 Å². The molecule has 304 valence electrons. The monoisotopic (exact) mass is 904 g/mol. The van der Waals surface area contributed by atoms with Crippen molar-refractivity contribution in [2.75, 3.05) is 24.7 Å². The van der Waals surface area contributed by atoms with Gasteiger partial charge in [0.2, 0.25) is 0 Å². The molecular formula is C26H24N4O20S6. The molecule has 4 aromatic carbocycles. The molecule has 0 unspecified atom stereocenters. The van der Waals surface area contributed by atoms with Crippen LogP contribution in [0.1, 0.15) is 0 Å². The van der Waals surface area contributed by atoms with E-state index in [1.807, 2.05) is 0 Å². The summed E-state index contributed by atoms with van der Waals surface area (Å²) in [6.45, 7) is -0.913. The van der Waals surface area contributed by atoms with Crippen LogP contribution in [0.25, 0.3) is 10.8 Å². The van der Waals surface area contributed by atoms with Crippen LogP contribution in [0.5, 0.6) is 11.5 Å². The van der Waals surface area contributed by atoms with Crippen LogP contribution in [-0.4, -0.2) is 88.2 Å². The van der Waals surface area contributed by atoms with Gasteiger partial charge in [0.1, 0.15) is 44.0 Å². The fraction of sp³-hybridized carbons (Fsp3) is 0.154. The number of rotatable bonds is 20. The van der Waals surface area contributed by atoms with Crippen LogP contribution in [-0.2, 0) is 67.0 Å². The Morgan fingerprint density at radius 1 is 0.554 bits per heavy atom. The quantitative estimate of drug-likeness (QED) is 0.0167. The highest BCUT2D eigenvalue weighted by Gasteiger charge is 2.24. The van der Waals surface area contributed by atoms with Gasteiger partial charge in [0.05, 0.1) is 34.5 Å². The average molecular weight is 905 g/mol. The number of sulfone groups is 2. The second kappa shape index (κ2) is 19.0. The molecule has 6 N–H and O–H groups in total. The van der Waals surface area contributed by atoms with E-state index >= 15 is 0 Å². The van der Waals surface area contributed by atoms with E-state index in [-0.39, 0.29) is 40.3 Å². The number of phenols is 2. The summed E-state index contributed by atoms with van der Waals surface area (Å²) in [7, 11) is -18.4. The summed E-state index contributed by atoms with van der Waals surface area (Å²) in [5.41, 5.74) is -2.08. The molecule has 30 heteroatoms. The van der Waals surface area contributed by atoms with E-state index in [2.05, 4.69) is 43.4 Å². The predicted octanol–water partition coefficient (Wildman–Crippen LogP) is 5.12. The fourth-order valence-corrected chi connectivity index (χ4v) is 8.81. The van der Waals surface area contributed by atoms with Gasteiger partial charge in [0, 0.05) is 17.5 Å². The molecule has 4 rings (SSSR count). The van der Waals surface area contributed by atoms with E-state index in [1.54, 1.807) is 0 Å². The van der Waals surface area contributed by atoms with Crippen LogP contribution < -0.4 is 0 Å². The van der Waals surface area contributed by atoms with Gasteiger partial charge in [0.15, 0.2) is 44.3 Å². The molecule has 0 amide bonds. The molecule has 0 atom stereocenters. The van der Waals surface area contributed by atoms with Gasteiger partial charge in [0.25, 0.3) is 20.2 Å². The molecule has 0 aliphatic heterocycles. The maximum Gasteiger partial charge on any atom is 0.297 e. The summed E-state index contributed by atoms with van der Waals surface area (Å²) in [4.78, 5) is -2.66. The van der Waals surface area contributed by atoms with Crippen LogP contribution in [0.15, 0.2) is 101 Å². The van der Waals surface area contributed by atoms with Crippen LogP contribution >= 0.6 is 24.6 Å². The zero-order valence-corrected chi connectivity index (χ0v) is 32.1. The Kier molecular flexibility index (Phi) is 15.2. The molecule has 0 aliphatic carbocycles. The molecule has 4 aromatic rings. The minimum Gasteiger partial charge on any atom is -0.505 e. The Balaban J connectivity index is 1.65. The van der Waals surface area contributed by atoms with Crippen molar-refractivity contribution in [3.63, 3.8) is 0 Å². The number of nitrogens with zero attached hydrogens (tertiary/aromatic N) is 4. The summed E-state index contributed by atoms with van der Waals surface area (Å²) in [5.74, 6) is -2.77. The zero-order valence-electron chi connectivity index (χ0n) is 27.2. The first-order chi connectivity index (χ1) is 26.3. The number of benzene rings is 4. The first-order valence-electron chi connectivity index (χ1n) is 14.3. The fourth-order valence-electron chi connectivity index (χ4n) is 4.37. The summed E-state index contributed by atoms with van der Waals surface area (Å²) in [6, 6.07) is 9.52. The third-order valence-corrected chi connectivity index (χ3v) is 12.7. The Labute approximate surface area is 324 Å². The van der Waals surface area contributed by atoms with Crippen molar-refractivity contribution in [1.82, 2.24) is 0 Å². The molecule has 0 fully saturated rings. The lowest BCUT2D eigenvalue weighted by molar-refractivity contribution is -0.434. The van der Waals surface area contributed by atoms with Crippen molar-refractivity contribution in [1.29, 1.82) is 0 Å². The van der Waals surface area contributed by atoms with Crippen LogP contribution in [0, 0.1) is 0 Å². The maximum absolute atomic E-state index is 12.7. The number of hydrogen-bond donors (Lipinski definition) is 6. The van der Waals surface area contributed by atoms with E-state index in [1.165, 1.54) is 6.07 Å². The topological polar surface area (TPSA) is 363 Å². The predicted molar refractivity (Wildman–Crippen MR) is 189 cm³/mol. The van der Waals surface area contributed by atoms with E-state index in [4.69, 9.17) is 14.7 Å². The van der Waals surface area contributed by atoms with Crippen molar-refractivity contribution >= 4 is 98.1 Å². The van der Waals surface area contributed by atoms with Crippen molar-refractivity contribution in [2.45, 2.75) is 19.6 Å². The molecule has 0 saturated heterocycles. The molecule has 0 bridgehead atoms. The van der Waals surface area contributed by atoms with Crippen molar-refractivity contribution < 1.29 is 90.6 Å². The third-order valence-electron chi connectivity index (χ3n) is 6.79. The highest BCUT2D eigenvalue weighted by Crippen LogP contribution is 2.41. The summed E-state index contributed by atoms with van der Waals surface area (Å²) in [6.07, 6.45) is 0. The van der Waals surface area contributed by atoms with E-state index in [0.717, 1.165) is 42.5 Å². The van der Waals surface area contributed by atoms with Gasteiger partial charge < -0.3 is 10.2 Å². The molecule has 24 nitrogen and oxygen atoms in total. The van der Waals surface area contributed by atoms with Gasteiger partial charge >= 0.3 is 0 Å². The van der Waals surface area contributed by atoms with Crippen LogP contribution in [0.2, 0.25) is 0 Å². The number of hydrogen-bond acceptors (Lipinski definition) is 24. The minimum atomic E-state index is -5.14. The largest absolute Gasteiger partial charge is 0.505 e. The molecular weight excluding hydrogens is 881 g/mol. The second-order valence-corrected chi connectivity index (χ2v) is 18.3. The zero-order chi connectivity index (χ0) is 41.3. The smallest absolute Gasteiger partial charge is 0.297 e. The lowest BCUT2D eigenvalue weighted by atomic mass is 10.1. The van der Waals surface area contributed by atoms with Gasteiger partial charge in [-0.25, -0.2) is 27.4 Å². The molecule has 0 aromatic heterocycles. The number of aromatic hydroxyl groups is 2. The van der Waals surface area contributed by atoms with E-state index in [9.17, 15) is 53.0 Å². The van der Waals surface area contributed by atoms with Crippen molar-refractivity contribution in [2.24, 2.45) is 20.5 Å². The number of azo groups is 2. The SMILES string of the molecule is O=S(=O)(O)c1cc(S(=O)(=O)CCOSOOO)ccc1/N=N/c1cc(/N=N/c2ccc3cc(S(=O)(=O)CCOSOOO)ccc3c2S(=O)(=O)O)c(O)cc1O. The first kappa shape index (κ1) is 44.8. The molecule has 56 heavy (non-hydrogen) atoms. The highest BCUT2D eigenvalue weighted by atomic mass is 32.2. The van der Waals surface area contributed by atoms with E-state index < -0.39 is 114 Å². The molecule has 0 radical (unpaired) electrons. The second-order valence-electron chi connectivity index (χ2n) is 10.3. The minimum absolute atomic E-state index is 0.0306. The van der Waals surface area contributed by atoms with Gasteiger partial charge in [-0.15, -0.1) is 29.1 Å². The highest BCUT2D eigenvalue weighted by molar-refractivity contribution is 7.92. The van der Waals surface area contributed by atoms with Gasteiger partial charge in [-0.3, -0.25) is 17.5 Å². The van der Waals surface area contributed by atoms with E-state index in [0.29, 0.717) is 12.1 Å². The Morgan fingerprint density at radius 3 is 1.55 bits per heavy atom. The number of phenolic OH excluding ortho intramolecular Hbond substituents is 2. The summed E-state index contributed by atoms with van der Waals surface area (Å²) in [5, 5.41) is 58.2. The van der Waals surface area contributed by atoms with Gasteiger partial charge in [-0.05, 0) is 41.8 Å². The summed E-state index contributed by atoms with van der Waals surface area (Å²) >= 11 is 0.265. The standard InChI is InChI=1S/C26H24N4O20S6/c31-23-14-24(32)22(13-21(23)29-27-19-6-3-17(12-25(19)55(39,40)41)54(37,38)10-8-46-52-50-48-34)30-28-20-5-1-15-11-16(2-4-18(15)26(20)56(42,43)44)53(35,36)9-7-45-51-49-47-33/h1-6,11-14,31-34H,7-10H2,(H,39,40,41)(H,42,43,44)/b29-27+,30-28+. The van der Waals surface area contributed by atoms with Crippen LogP contribution in [0.4, 0.5) is 22.7 Å². The normalized spacial score (nSPS) is 13.0. The Hall–Kier alpha value is -3.96.